The van der Waals surface area contributed by atoms with Gasteiger partial charge in [-0.25, -0.2) is 0 Å². The molecule has 4 heteroatoms. The Labute approximate surface area is 125 Å². The van der Waals surface area contributed by atoms with Crippen LogP contribution >= 0.6 is 0 Å². The Bertz CT molecular complexity index is 652. The van der Waals surface area contributed by atoms with Crippen LogP contribution in [0.1, 0.15) is 36.8 Å². The second kappa shape index (κ2) is 6.39. The third-order valence-corrected chi connectivity index (χ3v) is 3.30. The summed E-state index contributed by atoms with van der Waals surface area (Å²) in [6.07, 6.45) is 0. The van der Waals surface area contributed by atoms with E-state index in [0.29, 0.717) is 0 Å². The summed E-state index contributed by atoms with van der Waals surface area (Å²) in [5.41, 5.74) is 4.95. The maximum Gasteiger partial charge on any atom is 0.221 e. The van der Waals surface area contributed by atoms with Crippen molar-refractivity contribution in [2.24, 2.45) is 0 Å². The number of nitrogens with zero attached hydrogens (tertiary/aromatic N) is 1. The van der Waals surface area contributed by atoms with Crippen LogP contribution in [0.15, 0.2) is 36.4 Å². The number of pyridine rings is 1. The molecule has 0 fully saturated rings. The molecule has 0 radical (unpaired) electrons. The number of hydrogen-bond acceptors (Lipinski definition) is 3. The molecule has 21 heavy (non-hydrogen) atoms. The van der Waals surface area contributed by atoms with Crippen molar-refractivity contribution in [2.75, 3.05) is 10.6 Å². The smallest absolute Gasteiger partial charge is 0.221 e. The third-order valence-electron chi connectivity index (χ3n) is 3.30. The van der Waals surface area contributed by atoms with Crippen molar-refractivity contribution in [3.05, 3.63) is 53.3 Å². The van der Waals surface area contributed by atoms with Gasteiger partial charge in [-0.1, -0.05) is 12.1 Å². The number of amides is 1. The van der Waals surface area contributed by atoms with Gasteiger partial charge in [0.05, 0.1) is 11.4 Å². The molecule has 1 aromatic heterocycles. The summed E-state index contributed by atoms with van der Waals surface area (Å²) in [6.45, 7) is 7.58. The Balaban J connectivity index is 2.16. The molecule has 0 aliphatic heterocycles. The number of aryl methyl sites for hydroxylation is 2. The van der Waals surface area contributed by atoms with Gasteiger partial charge >= 0.3 is 0 Å². The van der Waals surface area contributed by atoms with Crippen LogP contribution in [0, 0.1) is 13.8 Å². The molecule has 0 spiro atoms. The van der Waals surface area contributed by atoms with Gasteiger partial charge < -0.3 is 10.6 Å². The summed E-state index contributed by atoms with van der Waals surface area (Å²) in [7, 11) is 0. The van der Waals surface area contributed by atoms with E-state index in [1.807, 2.05) is 50.2 Å². The maximum absolute atomic E-state index is 11.1. The zero-order chi connectivity index (χ0) is 15.4. The number of anilines is 2. The van der Waals surface area contributed by atoms with Crippen LogP contribution in [-0.2, 0) is 4.79 Å². The van der Waals surface area contributed by atoms with Crippen LogP contribution < -0.4 is 10.6 Å². The van der Waals surface area contributed by atoms with Crippen LogP contribution in [0.25, 0.3) is 0 Å². The highest BCUT2D eigenvalue weighted by Crippen LogP contribution is 2.23. The Hall–Kier alpha value is -2.36. The molecule has 1 amide bonds. The monoisotopic (exact) mass is 283 g/mol. The van der Waals surface area contributed by atoms with Crippen molar-refractivity contribution in [3.63, 3.8) is 0 Å². The average Bonchev–Trinajstić information content (AvgIpc) is 2.41. The van der Waals surface area contributed by atoms with Crippen molar-refractivity contribution in [2.45, 2.75) is 33.7 Å². The van der Waals surface area contributed by atoms with E-state index < -0.39 is 0 Å². The molecular weight excluding hydrogens is 262 g/mol. The van der Waals surface area contributed by atoms with Gasteiger partial charge in [0.15, 0.2) is 0 Å². The standard InChI is InChI=1S/C17H21N3O/c1-11-8-9-17(13(3)18-11)19-12(2)15-6-5-7-16(10-15)20-14(4)21/h5-10,12,19H,1-4H3,(H,20,21). The molecule has 2 rings (SSSR count). The molecular formula is C17H21N3O. The highest BCUT2D eigenvalue weighted by molar-refractivity contribution is 5.88. The predicted molar refractivity (Wildman–Crippen MR) is 86.5 cm³/mol. The zero-order valence-electron chi connectivity index (χ0n) is 12.9. The van der Waals surface area contributed by atoms with Gasteiger partial charge in [-0.15, -0.1) is 0 Å². The zero-order valence-corrected chi connectivity index (χ0v) is 12.9. The van der Waals surface area contributed by atoms with E-state index in [1.54, 1.807) is 0 Å². The molecule has 0 saturated heterocycles. The Morgan fingerprint density at radius 3 is 2.62 bits per heavy atom. The number of nitrogens with one attached hydrogen (secondary N) is 2. The van der Waals surface area contributed by atoms with E-state index in [1.165, 1.54) is 6.92 Å². The van der Waals surface area contributed by atoms with Crippen molar-refractivity contribution in [1.29, 1.82) is 0 Å². The summed E-state index contributed by atoms with van der Waals surface area (Å²) in [5, 5.41) is 6.26. The molecule has 4 nitrogen and oxygen atoms in total. The van der Waals surface area contributed by atoms with Gasteiger partial charge in [0, 0.05) is 24.3 Å². The SMILES string of the molecule is CC(=O)Nc1cccc(C(C)Nc2ccc(C)nc2C)c1. The summed E-state index contributed by atoms with van der Waals surface area (Å²) < 4.78 is 0. The van der Waals surface area contributed by atoms with Gasteiger partial charge in [0.25, 0.3) is 0 Å². The van der Waals surface area contributed by atoms with Crippen LogP contribution in [0.5, 0.6) is 0 Å². The molecule has 1 heterocycles. The van der Waals surface area contributed by atoms with Gasteiger partial charge in [-0.3, -0.25) is 9.78 Å². The first kappa shape index (κ1) is 15.0. The topological polar surface area (TPSA) is 54.0 Å². The summed E-state index contributed by atoms with van der Waals surface area (Å²) in [5.74, 6) is -0.0636. The summed E-state index contributed by atoms with van der Waals surface area (Å²) in [4.78, 5) is 15.6. The minimum atomic E-state index is -0.0636. The molecule has 0 bridgehead atoms. The largest absolute Gasteiger partial charge is 0.377 e. The van der Waals surface area contributed by atoms with Crippen LogP contribution in [0.4, 0.5) is 11.4 Å². The fraction of sp³-hybridized carbons (Fsp3) is 0.294. The first-order chi connectivity index (χ1) is 9.95. The highest BCUT2D eigenvalue weighted by atomic mass is 16.1. The van der Waals surface area contributed by atoms with Crippen LogP contribution in [-0.4, -0.2) is 10.9 Å². The lowest BCUT2D eigenvalue weighted by Gasteiger charge is -2.18. The minimum Gasteiger partial charge on any atom is -0.377 e. The Kier molecular flexibility index (Phi) is 4.58. The molecule has 1 unspecified atom stereocenters. The highest BCUT2D eigenvalue weighted by Gasteiger charge is 2.08. The van der Waals surface area contributed by atoms with Crippen LogP contribution in [0.3, 0.4) is 0 Å². The second-order valence-electron chi connectivity index (χ2n) is 5.26. The van der Waals surface area contributed by atoms with Crippen LogP contribution in [0.2, 0.25) is 0 Å². The van der Waals surface area contributed by atoms with Crippen molar-refractivity contribution in [3.8, 4) is 0 Å². The van der Waals surface area contributed by atoms with E-state index in [0.717, 1.165) is 28.3 Å². The lowest BCUT2D eigenvalue weighted by Crippen LogP contribution is -2.10. The lowest BCUT2D eigenvalue weighted by molar-refractivity contribution is -0.114. The summed E-state index contributed by atoms with van der Waals surface area (Å²) in [6, 6.07) is 12.0. The molecule has 0 aliphatic carbocycles. The molecule has 0 saturated carbocycles. The normalized spacial score (nSPS) is 11.8. The van der Waals surface area contributed by atoms with Gasteiger partial charge in [-0.05, 0) is 50.6 Å². The van der Waals surface area contributed by atoms with Crippen molar-refractivity contribution < 1.29 is 4.79 Å². The molecule has 0 aliphatic rings. The van der Waals surface area contributed by atoms with E-state index in [9.17, 15) is 4.79 Å². The number of carbonyl (C=O) groups excluding carboxylic acids is 1. The fourth-order valence-corrected chi connectivity index (χ4v) is 2.24. The lowest BCUT2D eigenvalue weighted by atomic mass is 10.1. The number of aromatic nitrogens is 1. The molecule has 2 N–H and O–H groups in total. The Morgan fingerprint density at radius 1 is 1.19 bits per heavy atom. The molecule has 1 atom stereocenters. The number of carbonyl (C=O) groups is 1. The van der Waals surface area contributed by atoms with E-state index in [2.05, 4.69) is 22.5 Å². The molecule has 110 valence electrons. The number of benzene rings is 1. The molecule has 2 aromatic rings. The number of hydrogen-bond donors (Lipinski definition) is 2. The van der Waals surface area contributed by atoms with E-state index >= 15 is 0 Å². The summed E-state index contributed by atoms with van der Waals surface area (Å²) >= 11 is 0. The van der Waals surface area contributed by atoms with Gasteiger partial charge in [0.1, 0.15) is 0 Å². The minimum absolute atomic E-state index is 0.0636. The van der Waals surface area contributed by atoms with Crippen molar-refractivity contribution in [1.82, 2.24) is 4.98 Å². The second-order valence-corrected chi connectivity index (χ2v) is 5.26. The van der Waals surface area contributed by atoms with E-state index in [-0.39, 0.29) is 11.9 Å². The first-order valence-corrected chi connectivity index (χ1v) is 7.04. The fourth-order valence-electron chi connectivity index (χ4n) is 2.24. The Morgan fingerprint density at radius 2 is 1.95 bits per heavy atom. The third kappa shape index (κ3) is 4.05. The van der Waals surface area contributed by atoms with Gasteiger partial charge in [-0.2, -0.15) is 0 Å². The maximum atomic E-state index is 11.1. The average molecular weight is 283 g/mol. The van der Waals surface area contributed by atoms with Gasteiger partial charge in [0.2, 0.25) is 5.91 Å². The number of rotatable bonds is 4. The first-order valence-electron chi connectivity index (χ1n) is 7.04. The van der Waals surface area contributed by atoms with Crippen molar-refractivity contribution >= 4 is 17.3 Å². The van der Waals surface area contributed by atoms with E-state index in [4.69, 9.17) is 0 Å². The molecule has 1 aromatic carbocycles. The predicted octanol–water partition coefficient (Wildman–Crippen LogP) is 3.83. The quantitative estimate of drug-likeness (QED) is 0.896.